The molecule has 1 atom stereocenters. The van der Waals surface area contributed by atoms with Crippen molar-refractivity contribution >= 4 is 17.3 Å². The summed E-state index contributed by atoms with van der Waals surface area (Å²) in [6, 6.07) is 2.49. The van der Waals surface area contributed by atoms with Crippen LogP contribution in [0.3, 0.4) is 0 Å². The first-order valence-electron chi connectivity index (χ1n) is 7.60. The number of carboxylic acid groups (broad SMARTS) is 1. The maximum absolute atomic E-state index is 13.9. The normalized spacial score (nSPS) is 19.3. The van der Waals surface area contributed by atoms with Crippen LogP contribution in [0.25, 0.3) is 0 Å². The SMILES string of the molecule is CCCC1CCCN(c2cc(F)c(C(=O)O)cc2N)CC1. The van der Waals surface area contributed by atoms with E-state index in [-0.39, 0.29) is 5.56 Å². The van der Waals surface area contributed by atoms with Crippen LogP contribution >= 0.6 is 0 Å². The van der Waals surface area contributed by atoms with Crippen LogP contribution in [-0.4, -0.2) is 24.2 Å². The van der Waals surface area contributed by atoms with Crippen molar-refractivity contribution in [1.82, 2.24) is 0 Å². The van der Waals surface area contributed by atoms with Crippen LogP contribution < -0.4 is 10.6 Å². The predicted molar refractivity (Wildman–Crippen MR) is 82.2 cm³/mol. The molecule has 1 saturated heterocycles. The quantitative estimate of drug-likeness (QED) is 0.834. The molecule has 0 saturated carbocycles. The van der Waals surface area contributed by atoms with Crippen molar-refractivity contribution in [3.63, 3.8) is 0 Å². The second-order valence-electron chi connectivity index (χ2n) is 5.77. The fraction of sp³-hybridized carbons (Fsp3) is 0.562. The van der Waals surface area contributed by atoms with Crippen LogP contribution in [0.1, 0.15) is 49.4 Å². The van der Waals surface area contributed by atoms with Crippen LogP contribution in [0.5, 0.6) is 0 Å². The molecule has 1 aliphatic heterocycles. The Hall–Kier alpha value is -1.78. The smallest absolute Gasteiger partial charge is 0.338 e. The first-order valence-corrected chi connectivity index (χ1v) is 7.60. The van der Waals surface area contributed by atoms with Crippen LogP contribution in [0.4, 0.5) is 15.8 Å². The van der Waals surface area contributed by atoms with E-state index in [1.54, 1.807) is 0 Å². The van der Waals surface area contributed by atoms with E-state index in [1.165, 1.54) is 31.4 Å². The highest BCUT2D eigenvalue weighted by atomic mass is 19.1. The van der Waals surface area contributed by atoms with E-state index in [9.17, 15) is 9.18 Å². The van der Waals surface area contributed by atoms with Gasteiger partial charge in [0, 0.05) is 19.2 Å². The molecule has 1 fully saturated rings. The van der Waals surface area contributed by atoms with Crippen LogP contribution in [-0.2, 0) is 0 Å². The van der Waals surface area contributed by atoms with Gasteiger partial charge in [0.2, 0.25) is 0 Å². The number of hydrogen-bond acceptors (Lipinski definition) is 3. The fourth-order valence-electron chi connectivity index (χ4n) is 3.12. The van der Waals surface area contributed by atoms with E-state index >= 15 is 0 Å². The zero-order valence-corrected chi connectivity index (χ0v) is 12.4. The molecule has 0 bridgehead atoms. The molecular weight excluding hydrogens is 271 g/mol. The molecule has 1 heterocycles. The van der Waals surface area contributed by atoms with E-state index in [2.05, 4.69) is 11.8 Å². The summed E-state index contributed by atoms with van der Waals surface area (Å²) in [4.78, 5) is 13.0. The number of carboxylic acids is 1. The number of hydrogen-bond donors (Lipinski definition) is 2. The number of nitrogen functional groups attached to an aromatic ring is 1. The third kappa shape index (κ3) is 3.65. The molecule has 0 aromatic heterocycles. The van der Waals surface area contributed by atoms with E-state index < -0.39 is 11.8 Å². The number of rotatable bonds is 4. The monoisotopic (exact) mass is 294 g/mol. The van der Waals surface area contributed by atoms with Crippen LogP contribution in [0.15, 0.2) is 12.1 Å². The first kappa shape index (κ1) is 15.6. The summed E-state index contributed by atoms with van der Waals surface area (Å²) in [5.74, 6) is -1.28. The summed E-state index contributed by atoms with van der Waals surface area (Å²) in [7, 11) is 0. The Labute approximate surface area is 124 Å². The van der Waals surface area contributed by atoms with E-state index in [0.717, 1.165) is 31.8 Å². The number of anilines is 2. The number of nitrogens with zero attached hydrogens (tertiary/aromatic N) is 1. The Morgan fingerprint density at radius 1 is 1.43 bits per heavy atom. The van der Waals surface area contributed by atoms with Crippen molar-refractivity contribution in [3.05, 3.63) is 23.5 Å². The lowest BCUT2D eigenvalue weighted by atomic mass is 9.96. The van der Waals surface area contributed by atoms with E-state index in [0.29, 0.717) is 11.4 Å². The molecule has 1 aromatic rings. The van der Waals surface area contributed by atoms with Crippen molar-refractivity contribution < 1.29 is 14.3 Å². The summed E-state index contributed by atoms with van der Waals surface area (Å²) < 4.78 is 13.9. The largest absolute Gasteiger partial charge is 0.478 e. The molecule has 21 heavy (non-hydrogen) atoms. The van der Waals surface area contributed by atoms with Crippen molar-refractivity contribution in [1.29, 1.82) is 0 Å². The van der Waals surface area contributed by atoms with Gasteiger partial charge in [0.15, 0.2) is 0 Å². The van der Waals surface area contributed by atoms with Crippen molar-refractivity contribution in [2.75, 3.05) is 23.7 Å². The Bertz CT molecular complexity index is 519. The second kappa shape index (κ2) is 6.78. The topological polar surface area (TPSA) is 66.6 Å². The van der Waals surface area contributed by atoms with Gasteiger partial charge in [-0.1, -0.05) is 19.8 Å². The maximum atomic E-state index is 13.9. The molecule has 0 aliphatic carbocycles. The van der Waals surface area contributed by atoms with Gasteiger partial charge in [-0.3, -0.25) is 0 Å². The Morgan fingerprint density at radius 2 is 2.19 bits per heavy atom. The summed E-state index contributed by atoms with van der Waals surface area (Å²) in [6.07, 6.45) is 5.76. The lowest BCUT2D eigenvalue weighted by Gasteiger charge is -2.25. The fourth-order valence-corrected chi connectivity index (χ4v) is 3.12. The van der Waals surface area contributed by atoms with Gasteiger partial charge < -0.3 is 15.7 Å². The third-order valence-electron chi connectivity index (χ3n) is 4.23. The molecule has 2 rings (SSSR count). The molecule has 4 nitrogen and oxygen atoms in total. The molecule has 116 valence electrons. The average molecular weight is 294 g/mol. The van der Waals surface area contributed by atoms with E-state index in [1.807, 2.05) is 0 Å². The van der Waals surface area contributed by atoms with Gasteiger partial charge in [0.05, 0.1) is 16.9 Å². The van der Waals surface area contributed by atoms with Gasteiger partial charge in [0.1, 0.15) is 5.82 Å². The van der Waals surface area contributed by atoms with Crippen molar-refractivity contribution in [2.24, 2.45) is 5.92 Å². The lowest BCUT2D eigenvalue weighted by Crippen LogP contribution is -2.25. The zero-order valence-electron chi connectivity index (χ0n) is 12.4. The molecule has 1 unspecified atom stereocenters. The highest BCUT2D eigenvalue weighted by molar-refractivity contribution is 5.90. The summed E-state index contributed by atoms with van der Waals surface area (Å²) in [5.41, 5.74) is 6.52. The molecule has 5 heteroatoms. The van der Waals surface area contributed by atoms with Gasteiger partial charge in [-0.2, -0.15) is 0 Å². The minimum absolute atomic E-state index is 0.336. The maximum Gasteiger partial charge on any atom is 0.338 e. The number of nitrogens with two attached hydrogens (primary N) is 1. The van der Waals surface area contributed by atoms with Gasteiger partial charge in [-0.25, -0.2) is 9.18 Å². The molecular formula is C16H23FN2O2. The number of aromatic carboxylic acids is 1. The Balaban J connectivity index is 2.18. The highest BCUT2D eigenvalue weighted by Gasteiger charge is 2.21. The molecule has 0 spiro atoms. The average Bonchev–Trinajstić information content (AvgIpc) is 2.67. The number of halogens is 1. The highest BCUT2D eigenvalue weighted by Crippen LogP contribution is 2.31. The molecule has 1 aliphatic rings. The van der Waals surface area contributed by atoms with Crippen LogP contribution in [0, 0.1) is 11.7 Å². The minimum Gasteiger partial charge on any atom is -0.478 e. The van der Waals surface area contributed by atoms with E-state index in [4.69, 9.17) is 10.8 Å². The standard InChI is InChI=1S/C16H23FN2O2/c1-2-4-11-5-3-7-19(8-6-11)15-10-13(17)12(16(20)21)9-14(15)18/h9-11H,2-8,18H2,1H3,(H,20,21). The zero-order chi connectivity index (χ0) is 15.4. The number of carbonyl (C=O) groups is 1. The van der Waals surface area contributed by atoms with Gasteiger partial charge >= 0.3 is 5.97 Å². The summed E-state index contributed by atoms with van der Waals surface area (Å²) in [5, 5.41) is 8.92. The summed E-state index contributed by atoms with van der Waals surface area (Å²) in [6.45, 7) is 3.89. The Morgan fingerprint density at radius 3 is 2.86 bits per heavy atom. The van der Waals surface area contributed by atoms with Gasteiger partial charge in [-0.05, 0) is 31.2 Å². The molecule has 0 amide bonds. The second-order valence-corrected chi connectivity index (χ2v) is 5.77. The molecule has 0 radical (unpaired) electrons. The first-order chi connectivity index (χ1) is 10.0. The minimum atomic E-state index is -1.29. The summed E-state index contributed by atoms with van der Waals surface area (Å²) >= 11 is 0. The number of benzene rings is 1. The van der Waals surface area contributed by atoms with Gasteiger partial charge in [-0.15, -0.1) is 0 Å². The molecule has 3 N–H and O–H groups in total. The van der Waals surface area contributed by atoms with Crippen LogP contribution in [0.2, 0.25) is 0 Å². The molecule has 1 aromatic carbocycles. The van der Waals surface area contributed by atoms with Gasteiger partial charge in [0.25, 0.3) is 0 Å². The predicted octanol–water partition coefficient (Wildman–Crippen LogP) is 3.51. The third-order valence-corrected chi connectivity index (χ3v) is 4.23. The van der Waals surface area contributed by atoms with Crippen molar-refractivity contribution in [3.8, 4) is 0 Å². The van der Waals surface area contributed by atoms with Crippen molar-refractivity contribution in [2.45, 2.75) is 39.0 Å². The lowest BCUT2D eigenvalue weighted by molar-refractivity contribution is 0.0692. The Kier molecular flexibility index (Phi) is 5.04.